The second-order valence-electron chi connectivity index (χ2n) is 6.55. The van der Waals surface area contributed by atoms with Gasteiger partial charge in [0, 0.05) is 5.92 Å². The number of ether oxygens (including phenoxy) is 4. The van der Waals surface area contributed by atoms with Crippen LogP contribution in [0.4, 0.5) is 0 Å². The molecule has 2 aliphatic heterocycles. The minimum absolute atomic E-state index is 0.295. The Morgan fingerprint density at radius 2 is 1.95 bits per heavy atom. The normalized spacial score (nSPS) is 36.8. The minimum atomic E-state index is -1.21. The lowest BCUT2D eigenvalue weighted by Gasteiger charge is -2.27. The molecule has 2 saturated heterocycles. The van der Waals surface area contributed by atoms with Crippen molar-refractivity contribution in [1.82, 2.24) is 0 Å². The molecular weight excluding hydrogens is 264 g/mol. The van der Waals surface area contributed by atoms with Crippen molar-refractivity contribution in [2.24, 2.45) is 5.92 Å². The third-order valence-electron chi connectivity index (χ3n) is 3.85. The van der Waals surface area contributed by atoms with Gasteiger partial charge in [0.2, 0.25) is 0 Å². The number of carbonyl (C=O) groups is 1. The Kier molecular flexibility index (Phi) is 4.12. The van der Waals surface area contributed by atoms with Gasteiger partial charge >= 0.3 is 5.97 Å². The Morgan fingerprint density at radius 1 is 1.30 bits per heavy atom. The topological polar surface area (TPSA) is 74.2 Å². The summed E-state index contributed by atoms with van der Waals surface area (Å²) >= 11 is 0. The lowest BCUT2D eigenvalue weighted by atomic mass is 9.87. The van der Waals surface area contributed by atoms with Crippen molar-refractivity contribution in [1.29, 1.82) is 0 Å². The minimum Gasteiger partial charge on any atom is -0.467 e. The lowest BCUT2D eigenvalue weighted by Crippen LogP contribution is -2.42. The van der Waals surface area contributed by atoms with Crippen molar-refractivity contribution in [3.63, 3.8) is 0 Å². The van der Waals surface area contributed by atoms with Gasteiger partial charge in [0.15, 0.2) is 11.9 Å². The van der Waals surface area contributed by atoms with E-state index in [4.69, 9.17) is 14.2 Å². The molecule has 116 valence electrons. The molecule has 0 spiro atoms. The van der Waals surface area contributed by atoms with Crippen LogP contribution >= 0.6 is 0 Å². The van der Waals surface area contributed by atoms with Crippen LogP contribution < -0.4 is 0 Å². The van der Waals surface area contributed by atoms with E-state index in [0.717, 1.165) is 0 Å². The highest BCUT2D eigenvalue weighted by molar-refractivity contribution is 5.74. The molecule has 6 nitrogen and oxygen atoms in total. The van der Waals surface area contributed by atoms with Gasteiger partial charge in [-0.25, -0.2) is 4.79 Å². The highest BCUT2D eigenvalue weighted by atomic mass is 16.8. The van der Waals surface area contributed by atoms with Gasteiger partial charge in [-0.05, 0) is 34.1 Å². The molecule has 2 heterocycles. The first-order chi connectivity index (χ1) is 9.15. The van der Waals surface area contributed by atoms with Gasteiger partial charge in [0.25, 0.3) is 0 Å². The summed E-state index contributed by atoms with van der Waals surface area (Å²) in [5.74, 6) is -1.67. The van der Waals surface area contributed by atoms with Crippen molar-refractivity contribution < 1.29 is 28.8 Å². The van der Waals surface area contributed by atoms with E-state index >= 15 is 0 Å². The van der Waals surface area contributed by atoms with Gasteiger partial charge in [0.05, 0.1) is 25.4 Å². The number of hydrogen-bond donors (Lipinski definition) is 1. The van der Waals surface area contributed by atoms with Crippen LogP contribution in [0.5, 0.6) is 0 Å². The molecule has 0 amide bonds. The van der Waals surface area contributed by atoms with E-state index < -0.39 is 23.5 Å². The number of aliphatic hydroxyl groups excluding tert-OH is 1. The number of rotatable bonds is 3. The monoisotopic (exact) mass is 288 g/mol. The summed E-state index contributed by atoms with van der Waals surface area (Å²) < 4.78 is 22.0. The molecule has 6 heteroatoms. The van der Waals surface area contributed by atoms with Gasteiger partial charge in [0.1, 0.15) is 6.10 Å². The summed E-state index contributed by atoms with van der Waals surface area (Å²) in [6.07, 6.45) is -1.33. The van der Waals surface area contributed by atoms with Crippen LogP contribution in [-0.2, 0) is 23.7 Å². The number of esters is 1. The maximum atomic E-state index is 11.6. The van der Waals surface area contributed by atoms with Crippen molar-refractivity contribution in [3.8, 4) is 0 Å². The van der Waals surface area contributed by atoms with E-state index in [1.165, 1.54) is 7.11 Å². The van der Waals surface area contributed by atoms with E-state index in [1.54, 1.807) is 0 Å². The summed E-state index contributed by atoms with van der Waals surface area (Å²) in [4.78, 5) is 11.6. The van der Waals surface area contributed by atoms with Crippen molar-refractivity contribution in [3.05, 3.63) is 0 Å². The van der Waals surface area contributed by atoms with E-state index in [1.807, 2.05) is 27.7 Å². The summed E-state index contributed by atoms with van der Waals surface area (Å²) in [5, 5.41) is 10.2. The second-order valence-corrected chi connectivity index (χ2v) is 6.55. The largest absolute Gasteiger partial charge is 0.467 e. The van der Waals surface area contributed by atoms with Crippen LogP contribution in [-0.4, -0.2) is 54.5 Å². The first-order valence-corrected chi connectivity index (χ1v) is 6.91. The first kappa shape index (κ1) is 15.7. The smallest absolute Gasteiger partial charge is 0.335 e. The first-order valence-electron chi connectivity index (χ1n) is 6.91. The molecule has 20 heavy (non-hydrogen) atoms. The zero-order valence-corrected chi connectivity index (χ0v) is 12.7. The maximum absolute atomic E-state index is 11.6. The zero-order valence-electron chi connectivity index (χ0n) is 12.7. The Bertz CT molecular complexity index is 378. The number of methoxy groups -OCH3 is 1. The summed E-state index contributed by atoms with van der Waals surface area (Å²) in [5.41, 5.74) is -0.416. The van der Waals surface area contributed by atoms with Crippen LogP contribution in [0.2, 0.25) is 0 Å². The third-order valence-corrected chi connectivity index (χ3v) is 3.85. The number of aliphatic hydroxyl groups is 1. The second kappa shape index (κ2) is 5.26. The van der Waals surface area contributed by atoms with Gasteiger partial charge in [-0.1, -0.05) is 0 Å². The molecule has 0 saturated carbocycles. The van der Waals surface area contributed by atoms with Gasteiger partial charge < -0.3 is 24.1 Å². The predicted octanol–water partition coefficient (Wildman–Crippen LogP) is 0.855. The van der Waals surface area contributed by atoms with Crippen LogP contribution in [0.3, 0.4) is 0 Å². The molecule has 2 rings (SSSR count). The zero-order chi connectivity index (χ0) is 15.1. The highest BCUT2D eigenvalue weighted by Crippen LogP contribution is 2.41. The predicted molar refractivity (Wildman–Crippen MR) is 70.0 cm³/mol. The van der Waals surface area contributed by atoms with Crippen LogP contribution in [0.25, 0.3) is 0 Å². The number of carbonyl (C=O) groups excluding carboxylic acids is 1. The molecule has 0 unspecified atom stereocenters. The van der Waals surface area contributed by atoms with Gasteiger partial charge in [-0.2, -0.15) is 0 Å². The lowest BCUT2D eigenvalue weighted by molar-refractivity contribution is -0.171. The fourth-order valence-electron chi connectivity index (χ4n) is 3.00. The Balaban J connectivity index is 2.14. The molecule has 0 aromatic heterocycles. The van der Waals surface area contributed by atoms with Crippen LogP contribution in [0, 0.1) is 5.92 Å². The molecule has 2 fully saturated rings. The molecule has 0 aliphatic carbocycles. The molecule has 1 N–H and O–H groups in total. The molecule has 0 aromatic rings. The Labute approximate surface area is 119 Å². The summed E-state index contributed by atoms with van der Waals surface area (Å²) in [6, 6.07) is 0. The van der Waals surface area contributed by atoms with E-state index in [-0.39, 0.29) is 18.1 Å². The van der Waals surface area contributed by atoms with Crippen LogP contribution in [0.15, 0.2) is 0 Å². The Hall–Kier alpha value is -0.690. The van der Waals surface area contributed by atoms with Crippen molar-refractivity contribution in [2.75, 3.05) is 13.7 Å². The maximum Gasteiger partial charge on any atom is 0.335 e. The quantitative estimate of drug-likeness (QED) is 0.776. The van der Waals surface area contributed by atoms with E-state index in [0.29, 0.717) is 13.0 Å². The highest BCUT2D eigenvalue weighted by Gasteiger charge is 2.52. The molecule has 2 aliphatic rings. The van der Waals surface area contributed by atoms with Crippen molar-refractivity contribution in [2.45, 2.75) is 63.8 Å². The van der Waals surface area contributed by atoms with Gasteiger partial charge in [-0.15, -0.1) is 0 Å². The summed E-state index contributed by atoms with van der Waals surface area (Å²) in [6.45, 7) is 7.92. The Morgan fingerprint density at radius 3 is 2.45 bits per heavy atom. The fourth-order valence-corrected chi connectivity index (χ4v) is 3.00. The molecule has 0 aromatic carbocycles. The summed E-state index contributed by atoms with van der Waals surface area (Å²) in [7, 11) is 1.26. The standard InChI is InChI=1S/C14H24O6/c1-13(2)6-8(10(15)12(16)17-5)11(20-13)9-7-18-14(3,4)19-9/h8-11,15H,6-7H2,1-5H3/t8-,9-,10-,11-/m1/s1. The van der Waals surface area contributed by atoms with E-state index in [2.05, 4.69) is 4.74 Å². The van der Waals surface area contributed by atoms with Crippen molar-refractivity contribution >= 4 is 5.97 Å². The number of hydrogen-bond acceptors (Lipinski definition) is 6. The molecule has 4 atom stereocenters. The average molecular weight is 288 g/mol. The molecule has 0 bridgehead atoms. The van der Waals surface area contributed by atoms with E-state index in [9.17, 15) is 9.90 Å². The SMILES string of the molecule is COC(=O)[C@H](O)[C@H]1CC(C)(C)O[C@H]1[C@H]1COC(C)(C)O1. The third kappa shape index (κ3) is 3.14. The molecular formula is C14H24O6. The van der Waals surface area contributed by atoms with Gasteiger partial charge in [-0.3, -0.25) is 0 Å². The van der Waals surface area contributed by atoms with Crippen LogP contribution in [0.1, 0.15) is 34.1 Å². The fraction of sp³-hybridized carbons (Fsp3) is 0.929. The molecule has 0 radical (unpaired) electrons. The average Bonchev–Trinajstić information content (AvgIpc) is 2.86.